The van der Waals surface area contributed by atoms with Crippen molar-refractivity contribution in [1.29, 1.82) is 5.26 Å². The molecule has 1 aliphatic carbocycles. The van der Waals surface area contributed by atoms with Crippen LogP contribution in [0.1, 0.15) is 54.8 Å². The summed E-state index contributed by atoms with van der Waals surface area (Å²) in [4.78, 5) is 0. The summed E-state index contributed by atoms with van der Waals surface area (Å²) >= 11 is 0. The van der Waals surface area contributed by atoms with Crippen LogP contribution in [0.5, 0.6) is 0 Å². The molecule has 0 radical (unpaired) electrons. The fraction of sp³-hybridized carbons (Fsp3) is 0.381. The molecule has 0 spiro atoms. The lowest BCUT2D eigenvalue weighted by Gasteiger charge is -2.31. The highest BCUT2D eigenvalue weighted by molar-refractivity contribution is 7.88. The molecule has 5 heteroatoms. The molecule has 0 heterocycles. The van der Waals surface area contributed by atoms with E-state index in [-0.39, 0.29) is 11.8 Å². The quantitative estimate of drug-likeness (QED) is 0.826. The number of rotatable bonds is 6. The van der Waals surface area contributed by atoms with Crippen molar-refractivity contribution in [3.63, 3.8) is 0 Å². The first-order valence-corrected chi connectivity index (χ1v) is 10.8. The Hall–Kier alpha value is -2.16. The highest BCUT2D eigenvalue weighted by atomic mass is 32.2. The Morgan fingerprint density at radius 1 is 1.04 bits per heavy atom. The summed E-state index contributed by atoms with van der Waals surface area (Å²) in [6.45, 7) is 0. The number of hydrogen-bond donors (Lipinski definition) is 1. The third-order valence-electron chi connectivity index (χ3n) is 5.00. The molecule has 1 atom stereocenters. The van der Waals surface area contributed by atoms with Crippen LogP contribution in [0.3, 0.4) is 0 Å². The van der Waals surface area contributed by atoms with Gasteiger partial charge in [-0.05, 0) is 42.0 Å². The van der Waals surface area contributed by atoms with Crippen molar-refractivity contribution in [2.75, 3.05) is 0 Å². The van der Waals surface area contributed by atoms with E-state index in [1.165, 1.54) is 6.42 Å². The van der Waals surface area contributed by atoms with E-state index in [0.717, 1.165) is 31.2 Å². The second-order valence-corrected chi connectivity index (χ2v) is 8.73. The summed E-state index contributed by atoms with van der Waals surface area (Å²) in [6.07, 6.45) is 5.63. The third kappa shape index (κ3) is 4.94. The highest BCUT2D eigenvalue weighted by Crippen LogP contribution is 2.35. The Labute approximate surface area is 155 Å². The molecule has 2 aromatic rings. The minimum absolute atomic E-state index is 0.113. The number of nitrogens with one attached hydrogen (secondary N) is 1. The number of hydrogen-bond acceptors (Lipinski definition) is 3. The van der Waals surface area contributed by atoms with Crippen LogP contribution in [0, 0.1) is 17.2 Å². The van der Waals surface area contributed by atoms with Crippen LogP contribution in [0.15, 0.2) is 54.6 Å². The van der Waals surface area contributed by atoms with Crippen LogP contribution in [-0.4, -0.2) is 8.42 Å². The smallest absolute Gasteiger partial charge is 0.212 e. The van der Waals surface area contributed by atoms with E-state index >= 15 is 0 Å². The lowest BCUT2D eigenvalue weighted by molar-refractivity contribution is 0.293. The first-order chi connectivity index (χ1) is 12.6. The molecule has 1 fully saturated rings. The van der Waals surface area contributed by atoms with Gasteiger partial charge in [-0.3, -0.25) is 0 Å². The van der Waals surface area contributed by atoms with Crippen molar-refractivity contribution >= 4 is 10.0 Å². The average Bonchev–Trinajstić information content (AvgIpc) is 2.67. The minimum Gasteiger partial charge on any atom is -0.212 e. The molecule has 136 valence electrons. The van der Waals surface area contributed by atoms with Gasteiger partial charge in [-0.25, -0.2) is 13.1 Å². The van der Waals surface area contributed by atoms with Crippen molar-refractivity contribution in [2.45, 2.75) is 43.9 Å². The summed E-state index contributed by atoms with van der Waals surface area (Å²) in [5, 5.41) is 9.01. The molecule has 4 nitrogen and oxygen atoms in total. The molecule has 0 aliphatic heterocycles. The first-order valence-electron chi connectivity index (χ1n) is 9.11. The van der Waals surface area contributed by atoms with Crippen molar-refractivity contribution < 1.29 is 8.42 Å². The van der Waals surface area contributed by atoms with E-state index in [0.29, 0.717) is 17.0 Å². The SMILES string of the molecule is N#Cc1cccc(CS(=O)(=O)NC(c2ccccc2)C2CCCCC2)c1. The lowest BCUT2D eigenvalue weighted by Crippen LogP contribution is -2.35. The average molecular weight is 369 g/mol. The molecule has 1 unspecified atom stereocenters. The van der Waals surface area contributed by atoms with Gasteiger partial charge in [0.25, 0.3) is 0 Å². The molecule has 0 amide bonds. The van der Waals surface area contributed by atoms with Crippen LogP contribution >= 0.6 is 0 Å². The van der Waals surface area contributed by atoms with E-state index in [4.69, 9.17) is 5.26 Å². The van der Waals surface area contributed by atoms with Gasteiger partial charge in [-0.2, -0.15) is 5.26 Å². The van der Waals surface area contributed by atoms with Gasteiger partial charge in [-0.15, -0.1) is 0 Å². The number of nitrogens with zero attached hydrogens (tertiary/aromatic N) is 1. The third-order valence-corrected chi connectivity index (χ3v) is 6.33. The van der Waals surface area contributed by atoms with Gasteiger partial charge in [0, 0.05) is 6.04 Å². The molecule has 1 aliphatic rings. The number of nitriles is 1. The molecule has 2 aromatic carbocycles. The molecule has 3 rings (SSSR count). The Kier molecular flexibility index (Phi) is 6.08. The summed E-state index contributed by atoms with van der Waals surface area (Å²) in [5.41, 5.74) is 2.13. The predicted octanol–water partition coefficient (Wildman–Crippen LogP) is 4.30. The van der Waals surface area contributed by atoms with E-state index < -0.39 is 10.0 Å². The second kappa shape index (κ2) is 8.48. The molecule has 1 N–H and O–H groups in total. The van der Waals surface area contributed by atoms with Gasteiger partial charge in [0.2, 0.25) is 10.0 Å². The number of benzene rings is 2. The normalized spacial score (nSPS) is 16.7. The van der Waals surface area contributed by atoms with Crippen molar-refractivity contribution in [3.05, 3.63) is 71.3 Å². The summed E-state index contributed by atoms with van der Waals surface area (Å²) < 4.78 is 28.6. The maximum absolute atomic E-state index is 12.8. The van der Waals surface area contributed by atoms with E-state index in [9.17, 15) is 8.42 Å². The molecule has 1 saturated carbocycles. The maximum atomic E-state index is 12.8. The van der Waals surface area contributed by atoms with Crippen molar-refractivity contribution in [3.8, 4) is 6.07 Å². The summed E-state index contributed by atoms with van der Waals surface area (Å²) in [7, 11) is -3.52. The highest BCUT2D eigenvalue weighted by Gasteiger charge is 2.28. The molecule has 0 aromatic heterocycles. The van der Waals surface area contributed by atoms with Gasteiger partial charge >= 0.3 is 0 Å². The Morgan fingerprint density at radius 2 is 1.77 bits per heavy atom. The molecule has 26 heavy (non-hydrogen) atoms. The minimum atomic E-state index is -3.52. The summed E-state index contributed by atoms with van der Waals surface area (Å²) in [5.74, 6) is 0.213. The molecular formula is C21H24N2O2S. The van der Waals surface area contributed by atoms with E-state index in [1.54, 1.807) is 24.3 Å². The zero-order chi connectivity index (χ0) is 18.4. The summed E-state index contributed by atoms with van der Waals surface area (Å²) in [6, 6.07) is 18.5. The van der Waals surface area contributed by atoms with Gasteiger partial charge < -0.3 is 0 Å². The largest absolute Gasteiger partial charge is 0.216 e. The first kappa shape index (κ1) is 18.6. The molecule has 0 saturated heterocycles. The van der Waals surface area contributed by atoms with Crippen LogP contribution in [0.2, 0.25) is 0 Å². The fourth-order valence-corrected chi connectivity index (χ4v) is 5.17. The maximum Gasteiger partial charge on any atom is 0.216 e. The van der Waals surface area contributed by atoms with Crippen LogP contribution < -0.4 is 4.72 Å². The Morgan fingerprint density at radius 3 is 2.46 bits per heavy atom. The zero-order valence-electron chi connectivity index (χ0n) is 14.8. The number of sulfonamides is 1. The van der Waals surface area contributed by atoms with E-state index in [2.05, 4.69) is 10.8 Å². The second-order valence-electron chi connectivity index (χ2n) is 6.98. The Bertz CT molecular complexity index is 866. The Balaban J connectivity index is 1.81. The molecular weight excluding hydrogens is 344 g/mol. The zero-order valence-corrected chi connectivity index (χ0v) is 15.6. The fourth-order valence-electron chi connectivity index (χ4n) is 3.75. The topological polar surface area (TPSA) is 70.0 Å². The standard InChI is InChI=1S/C21H24N2O2S/c22-15-17-8-7-9-18(14-17)16-26(24,25)23-21(19-10-3-1-4-11-19)20-12-5-2-6-13-20/h1,3-4,7-11,14,20-21,23H,2,5-6,12-13,16H2. The van der Waals surface area contributed by atoms with Gasteiger partial charge in [0.05, 0.1) is 17.4 Å². The van der Waals surface area contributed by atoms with Gasteiger partial charge in [0.15, 0.2) is 0 Å². The van der Waals surface area contributed by atoms with Gasteiger partial charge in [-0.1, -0.05) is 61.7 Å². The van der Waals surface area contributed by atoms with Crippen LogP contribution in [-0.2, 0) is 15.8 Å². The predicted molar refractivity (Wildman–Crippen MR) is 103 cm³/mol. The molecule has 0 bridgehead atoms. The van der Waals surface area contributed by atoms with Crippen LogP contribution in [0.25, 0.3) is 0 Å². The van der Waals surface area contributed by atoms with Crippen molar-refractivity contribution in [2.24, 2.45) is 5.92 Å². The van der Waals surface area contributed by atoms with Crippen molar-refractivity contribution in [1.82, 2.24) is 4.72 Å². The van der Waals surface area contributed by atoms with Gasteiger partial charge in [0.1, 0.15) is 0 Å². The lowest BCUT2D eigenvalue weighted by atomic mass is 9.81. The monoisotopic (exact) mass is 368 g/mol. The van der Waals surface area contributed by atoms with Crippen LogP contribution in [0.4, 0.5) is 0 Å². The van der Waals surface area contributed by atoms with E-state index in [1.807, 2.05) is 30.3 Å².